The Kier molecular flexibility index (Phi) is 2.73. The average Bonchev–Trinajstić information content (AvgIpc) is 2.36. The molecule has 1 aromatic heterocycles. The van der Waals surface area contributed by atoms with E-state index in [1.807, 2.05) is 20.8 Å². The van der Waals surface area contributed by atoms with Crippen LogP contribution in [-0.2, 0) is 5.54 Å². The molecular formula is C14H15NO3. The summed E-state index contributed by atoms with van der Waals surface area (Å²) in [6.45, 7) is 5.53. The molecule has 0 bridgehead atoms. The molecule has 1 N–H and O–H groups in total. The van der Waals surface area contributed by atoms with Crippen molar-refractivity contribution in [2.75, 3.05) is 0 Å². The van der Waals surface area contributed by atoms with Crippen molar-refractivity contribution in [1.82, 2.24) is 4.57 Å². The lowest BCUT2D eigenvalue weighted by atomic mass is 10.1. The number of benzene rings is 1. The third-order valence-corrected chi connectivity index (χ3v) is 2.77. The fraction of sp³-hybridized carbons (Fsp3) is 0.286. The SMILES string of the molecule is CC(C)(C)n1c(=O)c(=O)cc(O)c2ccccc21. The molecule has 18 heavy (non-hydrogen) atoms. The summed E-state index contributed by atoms with van der Waals surface area (Å²) < 4.78 is 1.42. The highest BCUT2D eigenvalue weighted by Gasteiger charge is 2.19. The number of fused-ring (bicyclic) bond motifs is 1. The van der Waals surface area contributed by atoms with Gasteiger partial charge >= 0.3 is 0 Å². The molecule has 4 heteroatoms. The van der Waals surface area contributed by atoms with E-state index in [0.29, 0.717) is 10.9 Å². The summed E-state index contributed by atoms with van der Waals surface area (Å²) in [7, 11) is 0. The highest BCUT2D eigenvalue weighted by molar-refractivity contribution is 5.84. The second-order valence-electron chi connectivity index (χ2n) is 5.22. The smallest absolute Gasteiger partial charge is 0.299 e. The van der Waals surface area contributed by atoms with Crippen LogP contribution in [0, 0.1) is 0 Å². The van der Waals surface area contributed by atoms with Crippen molar-refractivity contribution in [2.24, 2.45) is 0 Å². The molecule has 0 aliphatic rings. The van der Waals surface area contributed by atoms with E-state index in [2.05, 4.69) is 0 Å². The molecular weight excluding hydrogens is 230 g/mol. The minimum Gasteiger partial charge on any atom is -0.507 e. The Morgan fingerprint density at radius 3 is 2.33 bits per heavy atom. The summed E-state index contributed by atoms with van der Waals surface area (Å²) in [5.74, 6) is -0.171. The van der Waals surface area contributed by atoms with Gasteiger partial charge < -0.3 is 5.11 Å². The molecule has 1 aromatic carbocycles. The Balaban J connectivity index is 3.20. The summed E-state index contributed by atoms with van der Waals surface area (Å²) in [5.41, 5.74) is -1.33. The van der Waals surface area contributed by atoms with Gasteiger partial charge in [0.1, 0.15) is 5.75 Å². The van der Waals surface area contributed by atoms with Crippen LogP contribution < -0.4 is 11.0 Å². The maximum Gasteiger partial charge on any atom is 0.299 e. The van der Waals surface area contributed by atoms with Gasteiger partial charge in [0, 0.05) is 17.0 Å². The number of hydrogen-bond acceptors (Lipinski definition) is 3. The lowest BCUT2D eigenvalue weighted by Gasteiger charge is -2.22. The first-order valence-electron chi connectivity index (χ1n) is 5.71. The summed E-state index contributed by atoms with van der Waals surface area (Å²) in [5, 5.41) is 10.4. The molecule has 0 radical (unpaired) electrons. The zero-order valence-electron chi connectivity index (χ0n) is 10.6. The summed E-state index contributed by atoms with van der Waals surface area (Å²) in [4.78, 5) is 23.8. The van der Waals surface area contributed by atoms with E-state index in [1.165, 1.54) is 4.57 Å². The first kappa shape index (κ1) is 12.4. The van der Waals surface area contributed by atoms with Gasteiger partial charge in [0.25, 0.3) is 5.56 Å². The van der Waals surface area contributed by atoms with Gasteiger partial charge in [-0.15, -0.1) is 0 Å². The molecule has 4 nitrogen and oxygen atoms in total. The topological polar surface area (TPSA) is 59.3 Å². The van der Waals surface area contributed by atoms with Gasteiger partial charge in [-0.25, -0.2) is 0 Å². The molecule has 0 saturated carbocycles. The van der Waals surface area contributed by atoms with E-state index in [-0.39, 0.29) is 5.75 Å². The van der Waals surface area contributed by atoms with Crippen LogP contribution in [0.3, 0.4) is 0 Å². The summed E-state index contributed by atoms with van der Waals surface area (Å²) in [6.07, 6.45) is 0. The van der Waals surface area contributed by atoms with Gasteiger partial charge in [0.15, 0.2) is 0 Å². The monoisotopic (exact) mass is 245 g/mol. The number of nitrogens with zero attached hydrogens (tertiary/aromatic N) is 1. The molecule has 0 spiro atoms. The third-order valence-electron chi connectivity index (χ3n) is 2.77. The number of para-hydroxylation sites is 1. The highest BCUT2D eigenvalue weighted by atomic mass is 16.3. The van der Waals surface area contributed by atoms with Gasteiger partial charge in [-0.3, -0.25) is 14.2 Å². The van der Waals surface area contributed by atoms with Gasteiger partial charge in [-0.05, 0) is 32.9 Å². The summed E-state index contributed by atoms with van der Waals surface area (Å²) >= 11 is 0. The zero-order chi connectivity index (χ0) is 13.5. The Labute approximate surface area is 104 Å². The molecule has 2 aromatic rings. The number of hydrogen-bond donors (Lipinski definition) is 1. The van der Waals surface area contributed by atoms with Crippen LogP contribution >= 0.6 is 0 Å². The third kappa shape index (κ3) is 1.90. The maximum absolute atomic E-state index is 12.1. The fourth-order valence-electron chi connectivity index (χ4n) is 2.03. The van der Waals surface area contributed by atoms with Crippen molar-refractivity contribution in [3.8, 4) is 5.75 Å². The van der Waals surface area contributed by atoms with E-state index < -0.39 is 16.5 Å². The number of aromatic nitrogens is 1. The normalized spacial score (nSPS) is 11.7. The Bertz CT molecular complexity index is 724. The van der Waals surface area contributed by atoms with Crippen molar-refractivity contribution in [1.29, 1.82) is 0 Å². The quantitative estimate of drug-likeness (QED) is 0.720. The van der Waals surface area contributed by atoms with Crippen molar-refractivity contribution >= 4 is 10.9 Å². The zero-order valence-corrected chi connectivity index (χ0v) is 10.6. The highest BCUT2D eigenvalue weighted by Crippen LogP contribution is 2.24. The second kappa shape index (κ2) is 3.98. The second-order valence-corrected chi connectivity index (χ2v) is 5.22. The van der Waals surface area contributed by atoms with Crippen LogP contribution in [0.5, 0.6) is 5.75 Å². The first-order valence-corrected chi connectivity index (χ1v) is 5.71. The van der Waals surface area contributed by atoms with Crippen molar-refractivity contribution in [3.63, 3.8) is 0 Å². The van der Waals surface area contributed by atoms with Crippen LogP contribution in [0.2, 0.25) is 0 Å². The fourth-order valence-corrected chi connectivity index (χ4v) is 2.03. The van der Waals surface area contributed by atoms with Gasteiger partial charge in [-0.2, -0.15) is 0 Å². The van der Waals surface area contributed by atoms with E-state index in [9.17, 15) is 14.7 Å². The molecule has 0 fully saturated rings. The van der Waals surface area contributed by atoms with Crippen LogP contribution in [-0.4, -0.2) is 9.67 Å². The minimum absolute atomic E-state index is 0.171. The predicted octanol–water partition coefficient (Wildman–Crippen LogP) is 1.82. The van der Waals surface area contributed by atoms with Crippen molar-refractivity contribution in [2.45, 2.75) is 26.3 Å². The molecule has 0 aliphatic heterocycles. The number of aromatic hydroxyl groups is 1. The van der Waals surface area contributed by atoms with Crippen LogP contribution in [0.1, 0.15) is 20.8 Å². The van der Waals surface area contributed by atoms with Crippen molar-refractivity contribution < 1.29 is 5.11 Å². The van der Waals surface area contributed by atoms with E-state index in [1.54, 1.807) is 24.3 Å². The first-order chi connectivity index (χ1) is 8.32. The van der Waals surface area contributed by atoms with E-state index >= 15 is 0 Å². The average molecular weight is 245 g/mol. The van der Waals surface area contributed by atoms with E-state index in [4.69, 9.17) is 0 Å². The molecule has 2 rings (SSSR count). The minimum atomic E-state index is -0.710. The molecule has 1 heterocycles. The number of rotatable bonds is 0. The molecule has 0 atom stereocenters. The Morgan fingerprint density at radius 1 is 1.11 bits per heavy atom. The lowest BCUT2D eigenvalue weighted by Crippen LogP contribution is -2.39. The largest absolute Gasteiger partial charge is 0.507 e. The Hall–Kier alpha value is -2.10. The van der Waals surface area contributed by atoms with Gasteiger partial charge in [-0.1, -0.05) is 12.1 Å². The maximum atomic E-state index is 12.1. The van der Waals surface area contributed by atoms with Gasteiger partial charge in [0.2, 0.25) is 5.43 Å². The summed E-state index contributed by atoms with van der Waals surface area (Å²) in [6, 6.07) is 7.91. The molecule has 94 valence electrons. The molecule has 0 amide bonds. The molecule has 0 aliphatic carbocycles. The van der Waals surface area contributed by atoms with Crippen LogP contribution in [0.15, 0.2) is 39.9 Å². The van der Waals surface area contributed by atoms with Gasteiger partial charge in [0.05, 0.1) is 5.52 Å². The van der Waals surface area contributed by atoms with E-state index in [0.717, 1.165) is 6.07 Å². The lowest BCUT2D eigenvalue weighted by molar-refractivity contribution is 0.398. The van der Waals surface area contributed by atoms with Crippen LogP contribution in [0.4, 0.5) is 0 Å². The standard InChI is InChI=1S/C14H15NO3/c1-14(2,3)15-10-7-5-4-6-9(10)11(16)8-12(17)13(15)18/h4-8,16H,1-3H3. The van der Waals surface area contributed by atoms with Crippen molar-refractivity contribution in [3.05, 3.63) is 50.9 Å². The van der Waals surface area contributed by atoms with Crippen LogP contribution in [0.25, 0.3) is 10.9 Å². The molecule has 0 saturated heterocycles. The Morgan fingerprint density at radius 2 is 1.72 bits per heavy atom. The molecule has 0 unspecified atom stereocenters. The predicted molar refractivity (Wildman–Crippen MR) is 71.1 cm³/mol.